The van der Waals surface area contributed by atoms with Crippen LogP contribution in [0, 0.1) is 0 Å². The van der Waals surface area contributed by atoms with Crippen molar-refractivity contribution in [1.29, 1.82) is 0 Å². The molecule has 3 aromatic carbocycles. The number of aromatic nitrogens is 2. The molecule has 1 aliphatic heterocycles. The third-order valence-electron chi connectivity index (χ3n) is 5.54. The van der Waals surface area contributed by atoms with Crippen LogP contribution in [0.25, 0.3) is 22.4 Å². The number of halogens is 1. The van der Waals surface area contributed by atoms with E-state index in [1.165, 1.54) is 0 Å². The number of para-hydroxylation sites is 1. The Balaban J connectivity index is 1.69. The molecular weight excluding hydrogens is 438 g/mol. The molecule has 148 valence electrons. The van der Waals surface area contributed by atoms with E-state index >= 15 is 0 Å². The van der Waals surface area contributed by atoms with Gasteiger partial charge in [-0.15, -0.1) is 6.58 Å². The third-order valence-corrected chi connectivity index (χ3v) is 6.03. The summed E-state index contributed by atoms with van der Waals surface area (Å²) in [6, 6.07) is 23.9. The predicted octanol–water partition coefficient (Wildman–Crippen LogP) is 5.85. The van der Waals surface area contributed by atoms with Crippen LogP contribution in [0.2, 0.25) is 0 Å². The molecule has 0 fully saturated rings. The highest BCUT2D eigenvalue weighted by atomic mass is 79.9. The number of benzene rings is 3. The van der Waals surface area contributed by atoms with E-state index in [2.05, 4.69) is 45.3 Å². The molecule has 0 radical (unpaired) electrons. The summed E-state index contributed by atoms with van der Waals surface area (Å²) >= 11 is 3.56. The highest BCUT2D eigenvalue weighted by molar-refractivity contribution is 9.10. The van der Waals surface area contributed by atoms with E-state index < -0.39 is 0 Å². The van der Waals surface area contributed by atoms with Crippen molar-refractivity contribution in [2.45, 2.75) is 12.6 Å². The van der Waals surface area contributed by atoms with Crippen molar-refractivity contribution in [3.8, 4) is 11.4 Å². The SMILES string of the molecule is C=C[C@@H]1CN(Cc2ccccc2)C(=O)c2cccc3nc(-c4cccc(Br)c4)n1c23. The molecule has 0 bridgehead atoms. The molecule has 1 amide bonds. The summed E-state index contributed by atoms with van der Waals surface area (Å²) in [5, 5.41) is 0. The Hall–Kier alpha value is -3.18. The second-order valence-electron chi connectivity index (χ2n) is 7.46. The fraction of sp³-hybridized carbons (Fsp3) is 0.120. The van der Waals surface area contributed by atoms with Gasteiger partial charge in [-0.25, -0.2) is 4.98 Å². The maximum Gasteiger partial charge on any atom is 0.256 e. The number of nitrogens with zero attached hydrogens (tertiary/aromatic N) is 3. The van der Waals surface area contributed by atoms with Crippen molar-refractivity contribution in [3.63, 3.8) is 0 Å². The van der Waals surface area contributed by atoms with Crippen LogP contribution >= 0.6 is 15.9 Å². The molecule has 4 aromatic rings. The largest absolute Gasteiger partial charge is 0.332 e. The van der Waals surface area contributed by atoms with E-state index in [0.29, 0.717) is 18.7 Å². The lowest BCUT2D eigenvalue weighted by Crippen LogP contribution is -2.33. The smallest absolute Gasteiger partial charge is 0.256 e. The second-order valence-corrected chi connectivity index (χ2v) is 8.38. The molecule has 0 spiro atoms. The summed E-state index contributed by atoms with van der Waals surface area (Å²) in [5.74, 6) is 0.869. The van der Waals surface area contributed by atoms with Gasteiger partial charge in [0.05, 0.1) is 22.6 Å². The molecule has 0 N–H and O–H groups in total. The van der Waals surface area contributed by atoms with Gasteiger partial charge < -0.3 is 9.47 Å². The van der Waals surface area contributed by atoms with Gasteiger partial charge in [0, 0.05) is 23.1 Å². The first-order chi connectivity index (χ1) is 14.7. The zero-order chi connectivity index (χ0) is 20.7. The zero-order valence-corrected chi connectivity index (χ0v) is 17.9. The van der Waals surface area contributed by atoms with Gasteiger partial charge in [-0.3, -0.25) is 4.79 Å². The molecule has 0 saturated heterocycles. The number of carbonyl (C=O) groups is 1. The maximum atomic E-state index is 13.5. The van der Waals surface area contributed by atoms with Gasteiger partial charge >= 0.3 is 0 Å². The minimum Gasteiger partial charge on any atom is -0.332 e. The fourth-order valence-corrected chi connectivity index (χ4v) is 4.56. The van der Waals surface area contributed by atoms with Crippen LogP contribution < -0.4 is 0 Å². The summed E-state index contributed by atoms with van der Waals surface area (Å²) in [6.07, 6.45) is 1.91. The van der Waals surface area contributed by atoms with E-state index in [4.69, 9.17) is 4.98 Å². The molecule has 5 rings (SSSR count). The van der Waals surface area contributed by atoms with Crippen LogP contribution in [0.4, 0.5) is 0 Å². The van der Waals surface area contributed by atoms with Crippen LogP contribution in [0.15, 0.2) is 89.9 Å². The second kappa shape index (κ2) is 7.58. The Kier molecular flexibility index (Phi) is 4.75. The Morgan fingerprint density at radius 2 is 1.87 bits per heavy atom. The minimum absolute atomic E-state index is 0.0238. The highest BCUT2D eigenvalue weighted by Gasteiger charge is 2.31. The van der Waals surface area contributed by atoms with Gasteiger partial charge in [0.1, 0.15) is 5.82 Å². The number of hydrogen-bond acceptors (Lipinski definition) is 2. The lowest BCUT2D eigenvalue weighted by Gasteiger charge is -2.25. The van der Waals surface area contributed by atoms with Crippen molar-refractivity contribution >= 4 is 32.9 Å². The lowest BCUT2D eigenvalue weighted by atomic mass is 10.1. The molecule has 1 atom stereocenters. The molecule has 4 nitrogen and oxygen atoms in total. The first-order valence-corrected chi connectivity index (χ1v) is 10.7. The number of amides is 1. The molecule has 30 heavy (non-hydrogen) atoms. The lowest BCUT2D eigenvalue weighted by molar-refractivity contribution is 0.0738. The number of rotatable bonds is 4. The Labute approximate surface area is 183 Å². The average Bonchev–Trinajstić information content (AvgIpc) is 3.11. The summed E-state index contributed by atoms with van der Waals surface area (Å²) < 4.78 is 3.16. The van der Waals surface area contributed by atoms with Crippen LogP contribution in [0.5, 0.6) is 0 Å². The average molecular weight is 458 g/mol. The van der Waals surface area contributed by atoms with Gasteiger partial charge in [-0.05, 0) is 29.8 Å². The van der Waals surface area contributed by atoms with Crippen molar-refractivity contribution in [1.82, 2.24) is 14.5 Å². The molecule has 1 aliphatic rings. The summed E-state index contributed by atoms with van der Waals surface area (Å²) in [7, 11) is 0. The summed E-state index contributed by atoms with van der Waals surface area (Å²) in [4.78, 5) is 20.3. The zero-order valence-electron chi connectivity index (χ0n) is 16.3. The van der Waals surface area contributed by atoms with E-state index in [1.807, 2.05) is 65.6 Å². The van der Waals surface area contributed by atoms with Crippen LogP contribution in [-0.4, -0.2) is 26.9 Å². The fourth-order valence-electron chi connectivity index (χ4n) is 4.16. The van der Waals surface area contributed by atoms with Gasteiger partial charge in [0.25, 0.3) is 5.91 Å². The quantitative estimate of drug-likeness (QED) is 0.360. The monoisotopic (exact) mass is 457 g/mol. The van der Waals surface area contributed by atoms with E-state index in [1.54, 1.807) is 0 Å². The number of hydrogen-bond donors (Lipinski definition) is 0. The van der Waals surface area contributed by atoms with E-state index in [-0.39, 0.29) is 11.9 Å². The maximum absolute atomic E-state index is 13.5. The standard InChI is InChI=1S/C25H20BrN3O/c1-2-20-16-28(15-17-8-4-3-5-9-17)25(30)21-12-7-13-22-23(21)29(20)24(27-22)18-10-6-11-19(26)14-18/h2-14,20H,1,15-16H2/t20-/m1/s1. The van der Waals surface area contributed by atoms with Gasteiger partial charge in [-0.2, -0.15) is 0 Å². The molecule has 0 unspecified atom stereocenters. The topological polar surface area (TPSA) is 38.1 Å². The van der Waals surface area contributed by atoms with Crippen molar-refractivity contribution in [2.24, 2.45) is 0 Å². The molecular formula is C25H20BrN3O. The Bertz CT molecular complexity index is 1260. The van der Waals surface area contributed by atoms with E-state index in [0.717, 1.165) is 32.5 Å². The van der Waals surface area contributed by atoms with Gasteiger partial charge in [0.15, 0.2) is 0 Å². The molecule has 2 heterocycles. The van der Waals surface area contributed by atoms with Crippen molar-refractivity contribution in [2.75, 3.05) is 6.54 Å². The molecule has 0 aliphatic carbocycles. The van der Waals surface area contributed by atoms with Crippen molar-refractivity contribution in [3.05, 3.63) is 101 Å². The normalized spacial score (nSPS) is 16.0. The van der Waals surface area contributed by atoms with E-state index in [9.17, 15) is 4.79 Å². The number of carbonyl (C=O) groups excluding carboxylic acids is 1. The highest BCUT2D eigenvalue weighted by Crippen LogP contribution is 2.35. The molecule has 1 aromatic heterocycles. The Morgan fingerprint density at radius 3 is 2.63 bits per heavy atom. The third kappa shape index (κ3) is 3.15. The molecule has 0 saturated carbocycles. The Morgan fingerprint density at radius 1 is 1.07 bits per heavy atom. The van der Waals surface area contributed by atoms with Crippen molar-refractivity contribution < 1.29 is 4.79 Å². The first-order valence-electron chi connectivity index (χ1n) is 9.88. The first kappa shape index (κ1) is 18.8. The van der Waals surface area contributed by atoms with Gasteiger partial charge in [-0.1, -0.05) is 70.5 Å². The van der Waals surface area contributed by atoms with Crippen LogP contribution in [0.1, 0.15) is 22.0 Å². The summed E-state index contributed by atoms with van der Waals surface area (Å²) in [6.45, 7) is 5.19. The van der Waals surface area contributed by atoms with Crippen LogP contribution in [-0.2, 0) is 6.54 Å². The summed E-state index contributed by atoms with van der Waals surface area (Å²) in [5.41, 5.74) is 4.49. The van der Waals surface area contributed by atoms with Crippen LogP contribution in [0.3, 0.4) is 0 Å². The number of imidazole rings is 1. The molecule has 5 heteroatoms. The predicted molar refractivity (Wildman–Crippen MR) is 123 cm³/mol. The van der Waals surface area contributed by atoms with Gasteiger partial charge in [0.2, 0.25) is 0 Å². The minimum atomic E-state index is -0.0831.